The van der Waals surface area contributed by atoms with E-state index in [1.165, 1.54) is 16.2 Å². The molecule has 4 rings (SSSR count). The second-order valence-corrected chi connectivity index (χ2v) is 9.97. The van der Waals surface area contributed by atoms with Crippen LogP contribution in [0.1, 0.15) is 30.3 Å². The molecule has 1 fully saturated rings. The van der Waals surface area contributed by atoms with E-state index in [0.717, 1.165) is 24.0 Å². The maximum atomic E-state index is 13.3. The summed E-state index contributed by atoms with van der Waals surface area (Å²) in [6, 6.07) is 11.5. The Morgan fingerprint density at radius 2 is 1.82 bits per heavy atom. The average molecular weight is 566 g/mol. The van der Waals surface area contributed by atoms with Crippen LogP contribution in [0.5, 0.6) is 0 Å². The molecule has 0 radical (unpaired) electrons. The molecular formula is C27H28N5O5PS. The van der Waals surface area contributed by atoms with Gasteiger partial charge in [0.15, 0.2) is 0 Å². The summed E-state index contributed by atoms with van der Waals surface area (Å²) in [6.45, 7) is 3.46. The van der Waals surface area contributed by atoms with Crippen molar-refractivity contribution in [3.8, 4) is 28.3 Å². The van der Waals surface area contributed by atoms with E-state index in [0.29, 0.717) is 31.2 Å². The number of thiophene rings is 1. The Hall–Kier alpha value is -3.78. The maximum absolute atomic E-state index is 13.3. The number of nitrogens with zero attached hydrogens (tertiary/aromatic N) is 4. The predicted octanol–water partition coefficient (Wildman–Crippen LogP) is 4.30. The molecule has 12 heteroatoms. The molecule has 0 aliphatic carbocycles. The van der Waals surface area contributed by atoms with Gasteiger partial charge in [0, 0.05) is 0 Å². The number of hydrogen-bond acceptors (Lipinski definition) is 8. The van der Waals surface area contributed by atoms with E-state index in [-0.39, 0.29) is 18.8 Å². The molecule has 3 heterocycles. The molecule has 0 saturated carbocycles. The van der Waals surface area contributed by atoms with Crippen LogP contribution in [-0.4, -0.2) is 76.5 Å². The topological polar surface area (TPSA) is 122 Å². The zero-order valence-electron chi connectivity index (χ0n) is 21.4. The third-order valence-corrected chi connectivity index (χ3v) is 7.13. The van der Waals surface area contributed by atoms with Gasteiger partial charge in [-0.05, 0) is 0 Å². The molecule has 1 N–H and O–H groups in total. The summed E-state index contributed by atoms with van der Waals surface area (Å²) in [4.78, 5) is 50.9. The molecular weight excluding hydrogens is 537 g/mol. The van der Waals surface area contributed by atoms with Gasteiger partial charge in [-0.2, -0.15) is 0 Å². The summed E-state index contributed by atoms with van der Waals surface area (Å²) in [7, 11) is -0.526. The molecule has 3 aromatic rings. The molecule has 0 spiro atoms. The molecule has 39 heavy (non-hydrogen) atoms. The van der Waals surface area contributed by atoms with E-state index in [9.17, 15) is 18.9 Å². The number of rotatable bonds is 8. The van der Waals surface area contributed by atoms with Gasteiger partial charge in [-0.3, -0.25) is 0 Å². The van der Waals surface area contributed by atoms with Crippen molar-refractivity contribution in [1.29, 1.82) is 0 Å². The van der Waals surface area contributed by atoms with Gasteiger partial charge in [-0.25, -0.2) is 0 Å². The Morgan fingerprint density at radius 3 is 2.49 bits per heavy atom. The molecule has 2 aromatic heterocycles. The Morgan fingerprint density at radius 1 is 1.08 bits per heavy atom. The van der Waals surface area contributed by atoms with E-state index in [4.69, 9.17) is 4.74 Å². The second kappa shape index (κ2) is 13.8. The van der Waals surface area contributed by atoms with Gasteiger partial charge >= 0.3 is 225 Å². The van der Waals surface area contributed by atoms with Crippen LogP contribution >= 0.6 is 19.3 Å². The quantitative estimate of drug-likeness (QED) is 0.319. The number of carbonyl (C=O) groups is 3. The third-order valence-electron chi connectivity index (χ3n) is 6.08. The van der Waals surface area contributed by atoms with Crippen molar-refractivity contribution < 1.29 is 23.7 Å². The minimum absolute atomic E-state index is 0.0619. The van der Waals surface area contributed by atoms with Crippen LogP contribution in [0.15, 0.2) is 53.2 Å². The number of nitrogens with one attached hydrogen (secondary N) is 1. The summed E-state index contributed by atoms with van der Waals surface area (Å²) in [5, 5.41) is 6.44. The molecule has 0 bridgehead atoms. The molecule has 1 aliphatic heterocycles. The van der Waals surface area contributed by atoms with E-state index in [1.807, 2.05) is 54.1 Å². The summed E-state index contributed by atoms with van der Waals surface area (Å²) in [5.41, 5.74) is 4.68. The van der Waals surface area contributed by atoms with Crippen molar-refractivity contribution in [2.45, 2.75) is 25.8 Å². The first kappa shape index (κ1) is 28.2. The van der Waals surface area contributed by atoms with E-state index < -0.39 is 31.9 Å². The Balaban J connectivity index is 1.48. The van der Waals surface area contributed by atoms with Crippen molar-refractivity contribution in [1.82, 2.24) is 25.1 Å². The Labute approximate surface area is 231 Å². The fraction of sp³-hybridized carbons (Fsp3) is 0.333. The van der Waals surface area contributed by atoms with Gasteiger partial charge in [-0.15, -0.1) is 0 Å². The van der Waals surface area contributed by atoms with Crippen molar-refractivity contribution in [2.24, 2.45) is 0 Å². The SMILES string of the molecule is CCCCOC(=O)N1CCN(C(=O)[C@H](C#P=O)NC(=O)c2cc(-c3ccsc3)nc(-c3ccccc3)n2)CC1. The van der Waals surface area contributed by atoms with Crippen LogP contribution in [0.2, 0.25) is 0 Å². The molecule has 3 amide bonds. The fourth-order valence-electron chi connectivity index (χ4n) is 3.93. The fourth-order valence-corrected chi connectivity index (χ4v) is 4.86. The van der Waals surface area contributed by atoms with Crippen molar-refractivity contribution in [2.75, 3.05) is 32.8 Å². The number of unbranched alkanes of at least 4 members (excludes halogenated alkanes) is 1. The van der Waals surface area contributed by atoms with Crippen LogP contribution in [-0.2, 0) is 14.1 Å². The molecule has 1 aromatic carbocycles. The van der Waals surface area contributed by atoms with Crippen LogP contribution < -0.4 is 5.32 Å². The minimum atomic E-state index is -1.26. The Kier molecular flexibility index (Phi) is 10.0. The summed E-state index contributed by atoms with van der Waals surface area (Å²) in [5.74, 6) is -0.732. The van der Waals surface area contributed by atoms with Gasteiger partial charge in [-0.1, -0.05) is 6.92 Å². The van der Waals surface area contributed by atoms with Gasteiger partial charge in [0.25, 0.3) is 0 Å². The predicted molar refractivity (Wildman–Crippen MR) is 148 cm³/mol. The number of aromatic nitrogens is 2. The first-order valence-electron chi connectivity index (χ1n) is 12.6. The molecule has 1 atom stereocenters. The number of amides is 3. The zero-order chi connectivity index (χ0) is 27.6. The Bertz CT molecular complexity index is 1410. The van der Waals surface area contributed by atoms with Crippen LogP contribution in [0.25, 0.3) is 22.6 Å². The molecule has 202 valence electrons. The zero-order valence-corrected chi connectivity index (χ0v) is 23.1. The molecule has 1 saturated heterocycles. The number of ether oxygens (including phenoxy) is 1. The third kappa shape index (κ3) is 7.41. The van der Waals surface area contributed by atoms with Crippen LogP contribution in [0.3, 0.4) is 0 Å². The first-order valence-corrected chi connectivity index (χ1v) is 14.3. The number of benzene rings is 1. The molecule has 0 unspecified atom stereocenters. The van der Waals surface area contributed by atoms with Crippen LogP contribution in [0.4, 0.5) is 4.79 Å². The van der Waals surface area contributed by atoms with Crippen molar-refractivity contribution in [3.63, 3.8) is 0 Å². The average Bonchev–Trinajstić information content (AvgIpc) is 3.52. The monoisotopic (exact) mass is 565 g/mol. The number of piperazine rings is 1. The van der Waals surface area contributed by atoms with Crippen LogP contribution in [0, 0.1) is 5.63 Å². The number of hydrogen-bond donors (Lipinski definition) is 1. The van der Waals surface area contributed by atoms with E-state index >= 15 is 0 Å². The van der Waals surface area contributed by atoms with Gasteiger partial charge < -0.3 is 0 Å². The van der Waals surface area contributed by atoms with E-state index in [2.05, 4.69) is 20.9 Å². The summed E-state index contributed by atoms with van der Waals surface area (Å²) in [6.07, 6.45) is 1.31. The van der Waals surface area contributed by atoms with Crippen molar-refractivity contribution >= 4 is 37.2 Å². The van der Waals surface area contributed by atoms with Crippen molar-refractivity contribution in [3.05, 3.63) is 58.9 Å². The van der Waals surface area contributed by atoms with Gasteiger partial charge in [0.2, 0.25) is 0 Å². The first-order chi connectivity index (χ1) is 19.0. The van der Waals surface area contributed by atoms with Gasteiger partial charge in [0.1, 0.15) is 0 Å². The second-order valence-electron chi connectivity index (χ2n) is 8.75. The van der Waals surface area contributed by atoms with E-state index in [1.54, 1.807) is 11.0 Å². The normalized spacial score (nSPS) is 13.8. The molecule has 1 aliphatic rings. The standard InChI is InChI=1S/C27H28N5O5PS/c1-2-3-14-37-27(35)32-12-10-31(11-13-32)26(34)23(17-38-36)30-25(33)22-16-21(20-9-15-39-18-20)28-24(29-22)19-7-5-4-6-8-19/h4-9,15-16,18,23H,2-3,10-14H2,1H3,(H,30,33)/t23-/m0/s1. The molecule has 10 nitrogen and oxygen atoms in total. The summed E-state index contributed by atoms with van der Waals surface area (Å²) < 4.78 is 16.6. The van der Waals surface area contributed by atoms with Gasteiger partial charge in [0.05, 0.1) is 0 Å². The summed E-state index contributed by atoms with van der Waals surface area (Å²) >= 11 is 1.50. The number of carbonyl (C=O) groups excluding carboxylic acids is 3.